The van der Waals surface area contributed by atoms with E-state index in [4.69, 9.17) is 4.74 Å². The van der Waals surface area contributed by atoms with Crippen molar-refractivity contribution in [2.75, 3.05) is 53.0 Å². The summed E-state index contributed by atoms with van der Waals surface area (Å²) in [6.07, 6.45) is 5.33. The molecule has 0 aromatic carbocycles. The third-order valence-corrected chi connectivity index (χ3v) is 5.23. The van der Waals surface area contributed by atoms with E-state index in [1.165, 1.54) is 58.4 Å². The Bertz CT molecular complexity index is 287. The van der Waals surface area contributed by atoms with Crippen molar-refractivity contribution in [1.29, 1.82) is 0 Å². The van der Waals surface area contributed by atoms with Gasteiger partial charge in [0, 0.05) is 37.7 Å². The van der Waals surface area contributed by atoms with Gasteiger partial charge in [0.25, 0.3) is 0 Å². The number of nitrogens with zero attached hydrogens (tertiary/aromatic N) is 2. The van der Waals surface area contributed by atoms with E-state index < -0.39 is 0 Å². The van der Waals surface area contributed by atoms with Crippen molar-refractivity contribution in [2.24, 2.45) is 5.92 Å². The van der Waals surface area contributed by atoms with Crippen LogP contribution in [0.25, 0.3) is 0 Å². The van der Waals surface area contributed by atoms with Crippen LogP contribution in [0.15, 0.2) is 0 Å². The standard InChI is InChI=1S/C15H29N3O/c1-16-15-5-9-19-12-13(15)10-17-6-3-8-18-7-2-4-14(18)11-17/h13-16H,2-12H2,1H3. The second kappa shape index (κ2) is 6.53. The first-order chi connectivity index (χ1) is 9.36. The Hall–Kier alpha value is -0.160. The first kappa shape index (κ1) is 13.8. The van der Waals surface area contributed by atoms with Crippen molar-refractivity contribution in [2.45, 2.75) is 37.8 Å². The molecule has 4 nitrogen and oxygen atoms in total. The van der Waals surface area contributed by atoms with Gasteiger partial charge in [-0.3, -0.25) is 4.90 Å². The fraction of sp³-hybridized carbons (Fsp3) is 1.00. The summed E-state index contributed by atoms with van der Waals surface area (Å²) in [5.74, 6) is 0.673. The molecule has 0 aromatic rings. The van der Waals surface area contributed by atoms with Gasteiger partial charge < -0.3 is 15.0 Å². The molecule has 1 N–H and O–H groups in total. The molecule has 0 bridgehead atoms. The summed E-state index contributed by atoms with van der Waals surface area (Å²) in [7, 11) is 2.10. The van der Waals surface area contributed by atoms with Gasteiger partial charge in [0.15, 0.2) is 0 Å². The van der Waals surface area contributed by atoms with Crippen LogP contribution in [0.1, 0.15) is 25.7 Å². The van der Waals surface area contributed by atoms with Gasteiger partial charge in [-0.1, -0.05) is 0 Å². The molecular formula is C15H29N3O. The van der Waals surface area contributed by atoms with E-state index in [0.717, 1.165) is 19.3 Å². The number of hydrogen-bond donors (Lipinski definition) is 1. The minimum atomic E-state index is 0.650. The lowest BCUT2D eigenvalue weighted by molar-refractivity contribution is 0.0176. The normalized spacial score (nSPS) is 38.1. The number of hydrogen-bond acceptors (Lipinski definition) is 4. The topological polar surface area (TPSA) is 27.7 Å². The zero-order valence-corrected chi connectivity index (χ0v) is 12.3. The summed E-state index contributed by atoms with van der Waals surface area (Å²) in [5.41, 5.74) is 0. The predicted molar refractivity (Wildman–Crippen MR) is 77.4 cm³/mol. The maximum Gasteiger partial charge on any atom is 0.0521 e. The molecule has 3 heterocycles. The third kappa shape index (κ3) is 3.30. The first-order valence-corrected chi connectivity index (χ1v) is 8.08. The SMILES string of the molecule is CNC1CCOCC1CN1CCCN2CCCC2C1. The van der Waals surface area contributed by atoms with Crippen LogP contribution in [-0.2, 0) is 4.74 Å². The molecule has 3 atom stereocenters. The van der Waals surface area contributed by atoms with E-state index in [2.05, 4.69) is 22.2 Å². The fourth-order valence-electron chi connectivity index (χ4n) is 4.14. The minimum absolute atomic E-state index is 0.650. The molecule has 0 amide bonds. The zero-order valence-electron chi connectivity index (χ0n) is 12.3. The molecule has 0 spiro atoms. The van der Waals surface area contributed by atoms with E-state index in [-0.39, 0.29) is 0 Å². The highest BCUT2D eigenvalue weighted by molar-refractivity contribution is 4.87. The third-order valence-electron chi connectivity index (χ3n) is 5.23. The van der Waals surface area contributed by atoms with Crippen LogP contribution in [-0.4, -0.2) is 74.9 Å². The van der Waals surface area contributed by atoms with Crippen molar-refractivity contribution in [1.82, 2.24) is 15.1 Å². The molecule has 3 aliphatic rings. The molecular weight excluding hydrogens is 238 g/mol. The summed E-state index contributed by atoms with van der Waals surface area (Å²) in [6, 6.07) is 1.48. The van der Waals surface area contributed by atoms with Crippen molar-refractivity contribution in [3.8, 4) is 0 Å². The van der Waals surface area contributed by atoms with Gasteiger partial charge in [0.05, 0.1) is 6.61 Å². The molecule has 0 radical (unpaired) electrons. The van der Waals surface area contributed by atoms with Gasteiger partial charge in [-0.05, 0) is 52.4 Å². The molecule has 4 heteroatoms. The smallest absolute Gasteiger partial charge is 0.0521 e. The van der Waals surface area contributed by atoms with Gasteiger partial charge >= 0.3 is 0 Å². The van der Waals surface area contributed by atoms with Crippen LogP contribution < -0.4 is 5.32 Å². The van der Waals surface area contributed by atoms with Crippen LogP contribution in [0.3, 0.4) is 0 Å². The summed E-state index contributed by atoms with van der Waals surface area (Å²) in [4.78, 5) is 5.42. The number of nitrogens with one attached hydrogen (secondary N) is 1. The van der Waals surface area contributed by atoms with Crippen molar-refractivity contribution < 1.29 is 4.74 Å². The molecule has 3 rings (SSSR count). The van der Waals surface area contributed by atoms with Crippen molar-refractivity contribution in [3.63, 3.8) is 0 Å². The quantitative estimate of drug-likeness (QED) is 0.818. The largest absolute Gasteiger partial charge is 0.381 e. The molecule has 0 aromatic heterocycles. The van der Waals surface area contributed by atoms with Crippen molar-refractivity contribution >= 4 is 0 Å². The van der Waals surface area contributed by atoms with Gasteiger partial charge in [-0.25, -0.2) is 0 Å². The maximum absolute atomic E-state index is 5.70. The van der Waals surface area contributed by atoms with Crippen LogP contribution in [0, 0.1) is 5.92 Å². The molecule has 0 saturated carbocycles. The zero-order chi connectivity index (χ0) is 13.1. The Morgan fingerprint density at radius 2 is 2.05 bits per heavy atom. The lowest BCUT2D eigenvalue weighted by Crippen LogP contribution is -2.48. The average Bonchev–Trinajstić information content (AvgIpc) is 2.78. The lowest BCUT2D eigenvalue weighted by atomic mass is 9.95. The fourth-order valence-corrected chi connectivity index (χ4v) is 4.14. The summed E-state index contributed by atoms with van der Waals surface area (Å²) >= 11 is 0. The van der Waals surface area contributed by atoms with E-state index in [1.54, 1.807) is 0 Å². The van der Waals surface area contributed by atoms with Gasteiger partial charge in [-0.2, -0.15) is 0 Å². The van der Waals surface area contributed by atoms with Crippen molar-refractivity contribution in [3.05, 3.63) is 0 Å². The maximum atomic E-state index is 5.70. The number of ether oxygens (including phenoxy) is 1. The molecule has 3 fully saturated rings. The Kier molecular flexibility index (Phi) is 4.74. The predicted octanol–water partition coefficient (Wildman–Crippen LogP) is 0.781. The number of fused-ring (bicyclic) bond motifs is 1. The van der Waals surface area contributed by atoms with E-state index >= 15 is 0 Å². The Balaban J connectivity index is 1.55. The van der Waals surface area contributed by atoms with Gasteiger partial charge in [0.1, 0.15) is 0 Å². The van der Waals surface area contributed by atoms with E-state index in [0.29, 0.717) is 12.0 Å². The monoisotopic (exact) mass is 267 g/mol. The van der Waals surface area contributed by atoms with Crippen LogP contribution in [0.5, 0.6) is 0 Å². The second-order valence-corrected chi connectivity index (χ2v) is 6.46. The van der Waals surface area contributed by atoms with Gasteiger partial charge in [0.2, 0.25) is 0 Å². The van der Waals surface area contributed by atoms with Crippen LogP contribution in [0.4, 0.5) is 0 Å². The van der Waals surface area contributed by atoms with Crippen LogP contribution in [0.2, 0.25) is 0 Å². The molecule has 0 aliphatic carbocycles. The molecule has 110 valence electrons. The molecule has 3 saturated heterocycles. The van der Waals surface area contributed by atoms with Crippen LogP contribution >= 0.6 is 0 Å². The Labute approximate surface area is 117 Å². The molecule has 3 aliphatic heterocycles. The molecule has 3 unspecified atom stereocenters. The molecule has 19 heavy (non-hydrogen) atoms. The highest BCUT2D eigenvalue weighted by Crippen LogP contribution is 2.23. The van der Waals surface area contributed by atoms with E-state index in [9.17, 15) is 0 Å². The number of rotatable bonds is 3. The summed E-state index contributed by atoms with van der Waals surface area (Å²) in [5, 5.41) is 3.49. The summed E-state index contributed by atoms with van der Waals surface area (Å²) < 4.78 is 5.70. The lowest BCUT2D eigenvalue weighted by Gasteiger charge is -2.35. The van der Waals surface area contributed by atoms with E-state index in [1.807, 2.05) is 0 Å². The summed E-state index contributed by atoms with van der Waals surface area (Å²) in [6.45, 7) is 8.31. The highest BCUT2D eigenvalue weighted by atomic mass is 16.5. The average molecular weight is 267 g/mol. The minimum Gasteiger partial charge on any atom is -0.381 e. The second-order valence-electron chi connectivity index (χ2n) is 6.46. The Morgan fingerprint density at radius 1 is 1.16 bits per heavy atom. The van der Waals surface area contributed by atoms with Gasteiger partial charge in [-0.15, -0.1) is 0 Å². The Morgan fingerprint density at radius 3 is 2.95 bits per heavy atom. The first-order valence-electron chi connectivity index (χ1n) is 8.08. The highest BCUT2D eigenvalue weighted by Gasteiger charge is 2.31.